The van der Waals surface area contributed by atoms with E-state index in [1.807, 2.05) is 47.9 Å². The number of rotatable bonds is 4. The van der Waals surface area contributed by atoms with Crippen LogP contribution in [0.2, 0.25) is 0 Å². The molecule has 4 heterocycles. The highest BCUT2D eigenvalue weighted by molar-refractivity contribution is 9.10. The van der Waals surface area contributed by atoms with Gasteiger partial charge in [-0.2, -0.15) is 0 Å². The number of nitrogens with zero attached hydrogens (tertiary/aromatic N) is 5. The highest BCUT2D eigenvalue weighted by atomic mass is 79.9. The molecule has 0 aliphatic heterocycles. The molecule has 0 radical (unpaired) electrons. The zero-order chi connectivity index (χ0) is 18.3. The molecule has 4 aromatic heterocycles. The van der Waals surface area contributed by atoms with Crippen molar-refractivity contribution in [2.45, 2.75) is 19.9 Å². The van der Waals surface area contributed by atoms with Gasteiger partial charge in [-0.3, -0.25) is 9.38 Å². The number of aryl methyl sites for hydroxylation is 1. The second kappa shape index (κ2) is 6.60. The van der Waals surface area contributed by atoms with E-state index in [9.17, 15) is 8.78 Å². The van der Waals surface area contributed by atoms with E-state index in [4.69, 9.17) is 0 Å². The van der Waals surface area contributed by atoms with Gasteiger partial charge in [-0.1, -0.05) is 6.07 Å². The quantitative estimate of drug-likeness (QED) is 0.487. The summed E-state index contributed by atoms with van der Waals surface area (Å²) in [6.07, 6.45) is 2.50. The highest BCUT2D eigenvalue weighted by Gasteiger charge is 2.19. The monoisotopic (exact) mass is 417 g/mol. The Morgan fingerprint density at radius 2 is 2.00 bits per heavy atom. The first-order valence-corrected chi connectivity index (χ1v) is 8.72. The number of pyridine rings is 2. The summed E-state index contributed by atoms with van der Waals surface area (Å²) in [7, 11) is 0. The van der Waals surface area contributed by atoms with E-state index in [-0.39, 0.29) is 0 Å². The molecule has 132 valence electrons. The third-order valence-electron chi connectivity index (χ3n) is 4.04. The molecule has 0 aliphatic carbocycles. The Balaban J connectivity index is 1.94. The summed E-state index contributed by atoms with van der Waals surface area (Å²) < 4.78 is 30.2. The SMILES string of the molecule is Cc1cccc(-c2ncn(CC(F)F)c2-c2ccc3ncc(Br)n3c2)n1. The van der Waals surface area contributed by atoms with Crippen LogP contribution in [0.4, 0.5) is 8.78 Å². The first kappa shape index (κ1) is 16.8. The molecule has 0 unspecified atom stereocenters. The average Bonchev–Trinajstić information content (AvgIpc) is 3.18. The summed E-state index contributed by atoms with van der Waals surface area (Å²) in [5.41, 5.74) is 4.18. The van der Waals surface area contributed by atoms with Gasteiger partial charge in [0.05, 0.1) is 30.5 Å². The third-order valence-corrected chi connectivity index (χ3v) is 4.62. The summed E-state index contributed by atoms with van der Waals surface area (Å²) in [5.74, 6) is 0. The van der Waals surface area contributed by atoms with Crippen LogP contribution in [-0.2, 0) is 6.54 Å². The Labute approximate surface area is 156 Å². The smallest absolute Gasteiger partial charge is 0.256 e. The molecule has 4 rings (SSSR count). The number of aromatic nitrogens is 5. The van der Waals surface area contributed by atoms with Crippen LogP contribution in [0.5, 0.6) is 0 Å². The van der Waals surface area contributed by atoms with Gasteiger partial charge < -0.3 is 4.57 Å². The maximum Gasteiger partial charge on any atom is 0.256 e. The van der Waals surface area contributed by atoms with Gasteiger partial charge >= 0.3 is 0 Å². The van der Waals surface area contributed by atoms with E-state index in [0.29, 0.717) is 17.1 Å². The van der Waals surface area contributed by atoms with Crippen molar-refractivity contribution in [1.82, 2.24) is 23.9 Å². The van der Waals surface area contributed by atoms with Crippen molar-refractivity contribution in [2.75, 3.05) is 0 Å². The Hall–Kier alpha value is -2.61. The minimum atomic E-state index is -2.48. The third kappa shape index (κ3) is 3.01. The molecular weight excluding hydrogens is 404 g/mol. The Morgan fingerprint density at radius 3 is 2.77 bits per heavy atom. The predicted octanol–water partition coefficient (Wildman–Crippen LogP) is 4.60. The van der Waals surface area contributed by atoms with Gasteiger partial charge in [0.15, 0.2) is 0 Å². The Kier molecular flexibility index (Phi) is 4.28. The fraction of sp³-hybridized carbons (Fsp3) is 0.167. The Morgan fingerprint density at radius 1 is 1.15 bits per heavy atom. The van der Waals surface area contributed by atoms with Crippen molar-refractivity contribution in [3.63, 3.8) is 0 Å². The molecule has 0 aliphatic rings. The summed E-state index contributed by atoms with van der Waals surface area (Å²) in [6, 6.07) is 9.29. The van der Waals surface area contributed by atoms with Crippen LogP contribution in [0.1, 0.15) is 5.69 Å². The van der Waals surface area contributed by atoms with Crippen LogP contribution < -0.4 is 0 Å². The van der Waals surface area contributed by atoms with Gasteiger partial charge in [0.2, 0.25) is 0 Å². The van der Waals surface area contributed by atoms with Gasteiger partial charge in [0.25, 0.3) is 6.43 Å². The van der Waals surface area contributed by atoms with Gasteiger partial charge in [-0.05, 0) is 47.1 Å². The predicted molar refractivity (Wildman–Crippen MR) is 98.1 cm³/mol. The molecule has 0 saturated heterocycles. The maximum absolute atomic E-state index is 13.1. The lowest BCUT2D eigenvalue weighted by Gasteiger charge is -2.11. The van der Waals surface area contributed by atoms with Gasteiger partial charge in [-0.25, -0.2) is 18.7 Å². The maximum atomic E-state index is 13.1. The molecule has 0 aromatic carbocycles. The largest absolute Gasteiger partial charge is 0.324 e. The first-order chi connectivity index (χ1) is 12.5. The van der Waals surface area contributed by atoms with Crippen LogP contribution in [0, 0.1) is 6.92 Å². The van der Waals surface area contributed by atoms with Crippen molar-refractivity contribution in [3.8, 4) is 22.6 Å². The van der Waals surface area contributed by atoms with Crippen LogP contribution in [0.25, 0.3) is 28.3 Å². The molecule has 0 amide bonds. The van der Waals surface area contributed by atoms with Crippen LogP contribution >= 0.6 is 15.9 Å². The Bertz CT molecular complexity index is 1090. The molecule has 8 heteroatoms. The topological polar surface area (TPSA) is 48.0 Å². The average molecular weight is 418 g/mol. The van der Waals surface area contributed by atoms with Crippen LogP contribution in [0.3, 0.4) is 0 Å². The summed E-state index contributed by atoms with van der Waals surface area (Å²) in [6.45, 7) is 1.45. The van der Waals surface area contributed by atoms with Crippen molar-refractivity contribution in [1.29, 1.82) is 0 Å². The minimum Gasteiger partial charge on any atom is -0.324 e. The van der Waals surface area contributed by atoms with Gasteiger partial charge in [0, 0.05) is 17.5 Å². The van der Waals surface area contributed by atoms with E-state index in [1.165, 1.54) is 10.9 Å². The lowest BCUT2D eigenvalue weighted by Crippen LogP contribution is -2.07. The zero-order valence-corrected chi connectivity index (χ0v) is 15.4. The second-order valence-corrected chi connectivity index (χ2v) is 6.69. The number of halogens is 3. The van der Waals surface area contributed by atoms with Crippen molar-refractivity contribution in [3.05, 3.63) is 59.3 Å². The molecule has 0 bridgehead atoms. The standard InChI is InChI=1S/C18H14BrF2N5/c1-11-3-2-4-13(24-11)17-18(25(10-23-17)9-15(20)21)12-5-6-16-22-7-14(19)26(16)8-12/h2-8,10,15H,9H2,1H3. The lowest BCUT2D eigenvalue weighted by atomic mass is 10.1. The molecule has 0 saturated carbocycles. The van der Waals surface area contributed by atoms with Crippen LogP contribution in [0.15, 0.2) is 53.7 Å². The second-order valence-electron chi connectivity index (χ2n) is 5.88. The summed E-state index contributed by atoms with van der Waals surface area (Å²) in [5, 5.41) is 0. The van der Waals surface area contributed by atoms with Crippen molar-refractivity contribution < 1.29 is 8.78 Å². The molecule has 4 aromatic rings. The fourth-order valence-corrected chi connectivity index (χ4v) is 3.31. The summed E-state index contributed by atoms with van der Waals surface area (Å²) >= 11 is 3.44. The molecule has 0 N–H and O–H groups in total. The van der Waals surface area contributed by atoms with Gasteiger partial charge in [0.1, 0.15) is 15.9 Å². The van der Waals surface area contributed by atoms with Crippen molar-refractivity contribution >= 4 is 21.6 Å². The first-order valence-electron chi connectivity index (χ1n) is 7.93. The number of alkyl halides is 2. The lowest BCUT2D eigenvalue weighted by molar-refractivity contribution is 0.127. The number of fused-ring (bicyclic) bond motifs is 1. The van der Waals surface area contributed by atoms with Gasteiger partial charge in [-0.15, -0.1) is 0 Å². The normalized spacial score (nSPS) is 11.6. The number of hydrogen-bond acceptors (Lipinski definition) is 3. The zero-order valence-electron chi connectivity index (χ0n) is 13.8. The molecule has 0 fully saturated rings. The van der Waals surface area contributed by atoms with Crippen molar-refractivity contribution in [2.24, 2.45) is 0 Å². The molecule has 5 nitrogen and oxygen atoms in total. The summed E-state index contributed by atoms with van der Waals surface area (Å²) in [4.78, 5) is 13.1. The van der Waals surface area contributed by atoms with E-state index in [0.717, 1.165) is 21.5 Å². The number of imidazole rings is 2. The molecule has 0 spiro atoms. The molecule has 0 atom stereocenters. The van der Waals surface area contributed by atoms with E-state index < -0.39 is 13.0 Å². The van der Waals surface area contributed by atoms with E-state index in [1.54, 1.807) is 6.20 Å². The number of hydrogen-bond donors (Lipinski definition) is 0. The van der Waals surface area contributed by atoms with Crippen LogP contribution in [-0.4, -0.2) is 30.3 Å². The molecular formula is C18H14BrF2N5. The molecule has 26 heavy (non-hydrogen) atoms. The minimum absolute atomic E-state index is 0.433. The van der Waals surface area contributed by atoms with E-state index >= 15 is 0 Å². The fourth-order valence-electron chi connectivity index (χ4n) is 2.93. The van der Waals surface area contributed by atoms with E-state index in [2.05, 4.69) is 30.9 Å². The highest BCUT2D eigenvalue weighted by Crippen LogP contribution is 2.31.